The highest BCUT2D eigenvalue weighted by Crippen LogP contribution is 2.27. The second kappa shape index (κ2) is 5.18. The Balaban J connectivity index is 2.05. The van der Waals surface area contributed by atoms with Gasteiger partial charge in [0.1, 0.15) is 0 Å². The van der Waals surface area contributed by atoms with Crippen molar-refractivity contribution in [1.29, 1.82) is 0 Å². The number of nitrogens with zero attached hydrogens (tertiary/aromatic N) is 1. The molecule has 5 nitrogen and oxygen atoms in total. The largest absolute Gasteiger partial charge is 0.481 e. The molecule has 1 amide bonds. The molecule has 0 radical (unpaired) electrons. The molecule has 0 aliphatic carbocycles. The number of aliphatic carboxylic acids is 1. The van der Waals surface area contributed by atoms with Gasteiger partial charge in [-0.3, -0.25) is 9.59 Å². The van der Waals surface area contributed by atoms with Gasteiger partial charge in [-0.1, -0.05) is 18.2 Å². The molecule has 1 atom stereocenters. The van der Waals surface area contributed by atoms with Gasteiger partial charge >= 0.3 is 5.97 Å². The minimum Gasteiger partial charge on any atom is -0.481 e. The number of nitrogens with two attached hydrogens (primary N) is 1. The van der Waals surface area contributed by atoms with Gasteiger partial charge in [0.25, 0.3) is 0 Å². The number of carbonyl (C=O) groups is 2. The maximum atomic E-state index is 12.1. The van der Waals surface area contributed by atoms with E-state index in [2.05, 4.69) is 0 Å². The van der Waals surface area contributed by atoms with Crippen molar-refractivity contribution in [1.82, 2.24) is 0 Å². The molecular formula is C13H16N2O3. The summed E-state index contributed by atoms with van der Waals surface area (Å²) in [7, 11) is 0. The van der Waals surface area contributed by atoms with Gasteiger partial charge in [0.15, 0.2) is 0 Å². The Morgan fingerprint density at radius 1 is 1.39 bits per heavy atom. The van der Waals surface area contributed by atoms with Crippen LogP contribution in [0.15, 0.2) is 24.3 Å². The van der Waals surface area contributed by atoms with E-state index < -0.39 is 12.0 Å². The van der Waals surface area contributed by atoms with Crippen LogP contribution in [-0.2, 0) is 16.0 Å². The summed E-state index contributed by atoms with van der Waals surface area (Å²) in [5, 5.41) is 8.59. The average Bonchev–Trinajstić information content (AvgIpc) is 2.78. The van der Waals surface area contributed by atoms with Gasteiger partial charge in [0.05, 0.1) is 6.04 Å². The lowest BCUT2D eigenvalue weighted by Gasteiger charge is -2.21. The molecule has 1 aliphatic heterocycles. The predicted octanol–water partition coefficient (Wildman–Crippen LogP) is 0.768. The summed E-state index contributed by atoms with van der Waals surface area (Å²) in [6.07, 6.45) is 0.919. The Morgan fingerprint density at radius 2 is 2.11 bits per heavy atom. The average molecular weight is 248 g/mol. The zero-order valence-corrected chi connectivity index (χ0v) is 10.0. The van der Waals surface area contributed by atoms with Crippen LogP contribution >= 0.6 is 0 Å². The van der Waals surface area contributed by atoms with E-state index in [1.54, 1.807) is 4.90 Å². The highest BCUT2D eigenvalue weighted by atomic mass is 16.4. The van der Waals surface area contributed by atoms with Crippen molar-refractivity contribution in [3.05, 3.63) is 29.8 Å². The minimum absolute atomic E-state index is 0.0810. The number of para-hydroxylation sites is 1. The molecule has 3 N–H and O–H groups in total. The SMILES string of the molecule is N[C@@H](CCC(=O)O)C(=O)N1CCc2ccccc21. The van der Waals surface area contributed by atoms with Crippen molar-refractivity contribution in [2.45, 2.75) is 25.3 Å². The lowest BCUT2D eigenvalue weighted by Crippen LogP contribution is -2.43. The van der Waals surface area contributed by atoms with Crippen LogP contribution in [0.25, 0.3) is 0 Å². The maximum Gasteiger partial charge on any atom is 0.303 e. The Hall–Kier alpha value is -1.88. The first-order chi connectivity index (χ1) is 8.59. The molecule has 1 aliphatic rings. The quantitative estimate of drug-likeness (QED) is 0.824. The summed E-state index contributed by atoms with van der Waals surface area (Å²) < 4.78 is 0. The lowest BCUT2D eigenvalue weighted by atomic mass is 10.1. The van der Waals surface area contributed by atoms with Crippen molar-refractivity contribution in [2.24, 2.45) is 5.73 Å². The molecule has 0 bridgehead atoms. The Morgan fingerprint density at radius 3 is 2.83 bits per heavy atom. The van der Waals surface area contributed by atoms with Crippen molar-refractivity contribution in [2.75, 3.05) is 11.4 Å². The number of carboxylic acids is 1. The number of hydrogen-bond acceptors (Lipinski definition) is 3. The summed E-state index contributed by atoms with van der Waals surface area (Å²) in [5.74, 6) is -1.12. The van der Waals surface area contributed by atoms with E-state index in [0.29, 0.717) is 6.54 Å². The van der Waals surface area contributed by atoms with Crippen molar-refractivity contribution < 1.29 is 14.7 Å². The van der Waals surface area contributed by atoms with E-state index in [9.17, 15) is 9.59 Å². The van der Waals surface area contributed by atoms with Crippen molar-refractivity contribution >= 4 is 17.6 Å². The third-order valence-electron chi connectivity index (χ3n) is 3.14. The van der Waals surface area contributed by atoms with Gasteiger partial charge in [-0.05, 0) is 24.5 Å². The standard InChI is InChI=1S/C13H16N2O3/c14-10(5-6-12(16)17)13(18)15-8-7-9-3-1-2-4-11(9)15/h1-4,10H,5-8,14H2,(H,16,17)/t10-/m0/s1. The molecule has 0 unspecified atom stereocenters. The van der Waals surface area contributed by atoms with Crippen LogP contribution in [0.1, 0.15) is 18.4 Å². The summed E-state index contributed by atoms with van der Waals surface area (Å²) >= 11 is 0. The van der Waals surface area contributed by atoms with E-state index in [4.69, 9.17) is 10.8 Å². The van der Waals surface area contributed by atoms with E-state index in [1.165, 1.54) is 0 Å². The van der Waals surface area contributed by atoms with E-state index in [-0.39, 0.29) is 18.7 Å². The first-order valence-electron chi connectivity index (χ1n) is 5.96. The molecule has 0 fully saturated rings. The molecule has 0 aromatic heterocycles. The molecule has 0 saturated carbocycles. The molecule has 1 aromatic carbocycles. The van der Waals surface area contributed by atoms with Crippen LogP contribution in [0.5, 0.6) is 0 Å². The smallest absolute Gasteiger partial charge is 0.303 e. The number of fused-ring (bicyclic) bond motifs is 1. The molecule has 5 heteroatoms. The zero-order chi connectivity index (χ0) is 13.1. The van der Waals surface area contributed by atoms with Gasteiger partial charge < -0.3 is 15.7 Å². The number of anilines is 1. The topological polar surface area (TPSA) is 83.6 Å². The number of carboxylic acid groups (broad SMARTS) is 1. The molecule has 18 heavy (non-hydrogen) atoms. The number of amides is 1. The van der Waals surface area contributed by atoms with Crippen LogP contribution in [0.3, 0.4) is 0 Å². The fraction of sp³-hybridized carbons (Fsp3) is 0.385. The monoisotopic (exact) mass is 248 g/mol. The molecule has 1 aromatic rings. The fourth-order valence-corrected chi connectivity index (χ4v) is 2.17. The first-order valence-corrected chi connectivity index (χ1v) is 5.96. The lowest BCUT2D eigenvalue weighted by molar-refractivity contribution is -0.137. The molecule has 0 saturated heterocycles. The number of carbonyl (C=O) groups excluding carboxylic acids is 1. The van der Waals surface area contributed by atoms with Crippen LogP contribution < -0.4 is 10.6 Å². The molecular weight excluding hydrogens is 232 g/mol. The fourth-order valence-electron chi connectivity index (χ4n) is 2.17. The highest BCUT2D eigenvalue weighted by Gasteiger charge is 2.28. The predicted molar refractivity (Wildman–Crippen MR) is 67.3 cm³/mol. The highest BCUT2D eigenvalue weighted by molar-refractivity contribution is 5.99. The molecule has 96 valence electrons. The van der Waals surface area contributed by atoms with E-state index in [0.717, 1.165) is 17.7 Å². The third kappa shape index (κ3) is 2.51. The van der Waals surface area contributed by atoms with Gasteiger partial charge in [-0.15, -0.1) is 0 Å². The van der Waals surface area contributed by atoms with Crippen LogP contribution in [0, 0.1) is 0 Å². The summed E-state index contributed by atoms with van der Waals surface area (Å²) in [4.78, 5) is 24.2. The Kier molecular flexibility index (Phi) is 3.62. The number of benzene rings is 1. The Bertz CT molecular complexity index is 473. The molecule has 0 spiro atoms. The van der Waals surface area contributed by atoms with Crippen LogP contribution in [0.2, 0.25) is 0 Å². The van der Waals surface area contributed by atoms with Crippen molar-refractivity contribution in [3.8, 4) is 0 Å². The van der Waals surface area contributed by atoms with E-state index >= 15 is 0 Å². The second-order valence-electron chi connectivity index (χ2n) is 4.41. The van der Waals surface area contributed by atoms with E-state index in [1.807, 2.05) is 24.3 Å². The number of hydrogen-bond donors (Lipinski definition) is 2. The first kappa shape index (κ1) is 12.6. The number of rotatable bonds is 4. The van der Waals surface area contributed by atoms with Gasteiger partial charge in [0, 0.05) is 18.7 Å². The molecule has 1 heterocycles. The van der Waals surface area contributed by atoms with Gasteiger partial charge in [-0.25, -0.2) is 0 Å². The van der Waals surface area contributed by atoms with Gasteiger partial charge in [-0.2, -0.15) is 0 Å². The second-order valence-corrected chi connectivity index (χ2v) is 4.41. The maximum absolute atomic E-state index is 12.1. The summed E-state index contributed by atoms with van der Waals surface area (Å²) in [6.45, 7) is 0.624. The third-order valence-corrected chi connectivity index (χ3v) is 3.14. The zero-order valence-electron chi connectivity index (χ0n) is 10.0. The minimum atomic E-state index is -0.930. The molecule has 2 rings (SSSR count). The van der Waals surface area contributed by atoms with Gasteiger partial charge in [0.2, 0.25) is 5.91 Å². The Labute approximate surface area is 105 Å². The normalized spacial score (nSPS) is 15.3. The van der Waals surface area contributed by atoms with Crippen LogP contribution in [0.4, 0.5) is 5.69 Å². The van der Waals surface area contributed by atoms with Crippen LogP contribution in [-0.4, -0.2) is 29.6 Å². The summed E-state index contributed by atoms with van der Waals surface area (Å²) in [6, 6.07) is 6.96. The van der Waals surface area contributed by atoms with Crippen molar-refractivity contribution in [3.63, 3.8) is 0 Å². The summed E-state index contributed by atoms with van der Waals surface area (Å²) in [5.41, 5.74) is 7.78.